The van der Waals surface area contributed by atoms with Crippen LogP contribution in [0.4, 0.5) is 8.78 Å². The van der Waals surface area contributed by atoms with Crippen LogP contribution in [0.2, 0.25) is 0 Å². The SMILES string of the molecule is NC[C@@H](N)c1c(F)cc(I)cc1F. The fraction of sp³-hybridized carbons (Fsp3) is 0.250. The van der Waals surface area contributed by atoms with Gasteiger partial charge in [-0.2, -0.15) is 0 Å². The molecular weight excluding hydrogens is 289 g/mol. The lowest BCUT2D eigenvalue weighted by atomic mass is 10.1. The van der Waals surface area contributed by atoms with E-state index in [9.17, 15) is 8.78 Å². The molecule has 13 heavy (non-hydrogen) atoms. The van der Waals surface area contributed by atoms with E-state index in [1.165, 1.54) is 12.1 Å². The van der Waals surface area contributed by atoms with Gasteiger partial charge in [0.25, 0.3) is 0 Å². The van der Waals surface area contributed by atoms with E-state index in [1.54, 1.807) is 0 Å². The third-order valence-corrected chi connectivity index (χ3v) is 2.29. The summed E-state index contributed by atoms with van der Waals surface area (Å²) in [5.74, 6) is -1.27. The van der Waals surface area contributed by atoms with Gasteiger partial charge in [0.1, 0.15) is 11.6 Å². The van der Waals surface area contributed by atoms with Gasteiger partial charge in [-0.25, -0.2) is 8.78 Å². The van der Waals surface area contributed by atoms with Gasteiger partial charge in [-0.3, -0.25) is 0 Å². The van der Waals surface area contributed by atoms with Crippen LogP contribution >= 0.6 is 22.6 Å². The molecule has 1 aromatic carbocycles. The molecule has 0 aromatic heterocycles. The third-order valence-electron chi connectivity index (χ3n) is 1.67. The van der Waals surface area contributed by atoms with Gasteiger partial charge in [0, 0.05) is 21.7 Å². The van der Waals surface area contributed by atoms with Gasteiger partial charge < -0.3 is 11.5 Å². The van der Waals surface area contributed by atoms with Crippen LogP contribution in [0.15, 0.2) is 12.1 Å². The molecule has 72 valence electrons. The van der Waals surface area contributed by atoms with Crippen LogP contribution < -0.4 is 11.5 Å². The van der Waals surface area contributed by atoms with Crippen molar-refractivity contribution in [1.82, 2.24) is 0 Å². The van der Waals surface area contributed by atoms with Crippen LogP contribution in [0.1, 0.15) is 11.6 Å². The summed E-state index contributed by atoms with van der Waals surface area (Å²) in [4.78, 5) is 0. The lowest BCUT2D eigenvalue weighted by Crippen LogP contribution is -2.23. The first-order valence-corrected chi connectivity index (χ1v) is 4.74. The van der Waals surface area contributed by atoms with Crippen molar-refractivity contribution in [1.29, 1.82) is 0 Å². The molecule has 0 saturated heterocycles. The number of rotatable bonds is 2. The number of hydrogen-bond acceptors (Lipinski definition) is 2. The van der Waals surface area contributed by atoms with Crippen molar-refractivity contribution >= 4 is 22.6 Å². The van der Waals surface area contributed by atoms with Gasteiger partial charge in [-0.05, 0) is 34.7 Å². The van der Waals surface area contributed by atoms with Crippen LogP contribution in [-0.2, 0) is 0 Å². The predicted molar refractivity (Wildman–Crippen MR) is 55.1 cm³/mol. The smallest absolute Gasteiger partial charge is 0.132 e. The summed E-state index contributed by atoms with van der Waals surface area (Å²) >= 11 is 1.83. The predicted octanol–water partition coefficient (Wildman–Crippen LogP) is 1.53. The average molecular weight is 298 g/mol. The lowest BCUT2D eigenvalue weighted by molar-refractivity contribution is 0.527. The highest BCUT2D eigenvalue weighted by Gasteiger charge is 2.15. The summed E-state index contributed by atoms with van der Waals surface area (Å²) < 4.78 is 26.8. The van der Waals surface area contributed by atoms with Crippen molar-refractivity contribution in [3.8, 4) is 0 Å². The Bertz CT molecular complexity index is 294. The minimum absolute atomic E-state index is 0.0223. The zero-order valence-corrected chi connectivity index (χ0v) is 8.89. The molecular formula is C8H9F2IN2. The summed E-state index contributed by atoms with van der Waals surface area (Å²) in [6.07, 6.45) is 0. The Morgan fingerprint density at radius 3 is 2.15 bits per heavy atom. The number of hydrogen-bond donors (Lipinski definition) is 2. The van der Waals surface area contributed by atoms with E-state index in [2.05, 4.69) is 0 Å². The zero-order chi connectivity index (χ0) is 10.0. The van der Waals surface area contributed by atoms with Gasteiger partial charge in [0.2, 0.25) is 0 Å². The first-order valence-electron chi connectivity index (χ1n) is 3.66. The van der Waals surface area contributed by atoms with Gasteiger partial charge in [-0.15, -0.1) is 0 Å². The molecule has 0 unspecified atom stereocenters. The van der Waals surface area contributed by atoms with Crippen molar-refractivity contribution in [3.63, 3.8) is 0 Å². The topological polar surface area (TPSA) is 52.0 Å². The fourth-order valence-corrected chi connectivity index (χ4v) is 1.57. The largest absolute Gasteiger partial charge is 0.329 e. The highest BCUT2D eigenvalue weighted by molar-refractivity contribution is 14.1. The third kappa shape index (κ3) is 2.35. The van der Waals surface area contributed by atoms with E-state index in [-0.39, 0.29) is 12.1 Å². The molecule has 4 N–H and O–H groups in total. The van der Waals surface area contributed by atoms with Crippen molar-refractivity contribution in [2.45, 2.75) is 6.04 Å². The first-order chi connectivity index (χ1) is 6.06. The van der Waals surface area contributed by atoms with E-state index in [4.69, 9.17) is 11.5 Å². The molecule has 2 nitrogen and oxygen atoms in total. The average Bonchev–Trinajstić information content (AvgIpc) is 2.02. The summed E-state index contributed by atoms with van der Waals surface area (Å²) in [6, 6.07) is 1.68. The lowest BCUT2D eigenvalue weighted by Gasteiger charge is -2.11. The number of benzene rings is 1. The fourth-order valence-electron chi connectivity index (χ4n) is 1.03. The molecule has 0 aliphatic rings. The molecule has 1 atom stereocenters. The second-order valence-electron chi connectivity index (χ2n) is 2.63. The van der Waals surface area contributed by atoms with Gasteiger partial charge >= 0.3 is 0 Å². The summed E-state index contributed by atoms with van der Waals surface area (Å²) in [6.45, 7) is 0.0223. The molecule has 0 aliphatic carbocycles. The maximum atomic E-state index is 13.2. The minimum Gasteiger partial charge on any atom is -0.329 e. The van der Waals surface area contributed by atoms with Crippen LogP contribution in [0.3, 0.4) is 0 Å². The van der Waals surface area contributed by atoms with Crippen LogP contribution in [0, 0.1) is 15.2 Å². The quantitative estimate of drug-likeness (QED) is 0.814. The Labute approximate surface area is 88.4 Å². The van der Waals surface area contributed by atoms with Crippen molar-refractivity contribution in [2.24, 2.45) is 11.5 Å². The standard InChI is InChI=1S/C8H9F2IN2/c9-5-1-4(11)2-6(10)8(5)7(13)3-12/h1-2,7H,3,12-13H2/t7-/m1/s1. The molecule has 0 bridgehead atoms. The summed E-state index contributed by atoms with van der Waals surface area (Å²) in [5, 5.41) is 0. The Hall–Kier alpha value is -0.270. The molecule has 0 fully saturated rings. The Morgan fingerprint density at radius 2 is 1.77 bits per heavy atom. The van der Waals surface area contributed by atoms with Gasteiger partial charge in [0.05, 0.1) is 0 Å². The maximum absolute atomic E-state index is 13.2. The van der Waals surface area contributed by atoms with Crippen LogP contribution in [0.5, 0.6) is 0 Å². The molecule has 0 heterocycles. The van der Waals surface area contributed by atoms with Crippen molar-refractivity contribution < 1.29 is 8.78 Å². The Kier molecular flexibility index (Phi) is 3.57. The van der Waals surface area contributed by atoms with Crippen LogP contribution in [0.25, 0.3) is 0 Å². The van der Waals surface area contributed by atoms with E-state index in [1.807, 2.05) is 22.6 Å². The second-order valence-corrected chi connectivity index (χ2v) is 3.87. The minimum atomic E-state index is -0.781. The van der Waals surface area contributed by atoms with Gasteiger partial charge in [0.15, 0.2) is 0 Å². The van der Waals surface area contributed by atoms with Crippen LogP contribution in [-0.4, -0.2) is 6.54 Å². The number of nitrogens with two attached hydrogens (primary N) is 2. The molecule has 5 heteroatoms. The number of halogens is 3. The van der Waals surface area contributed by atoms with E-state index < -0.39 is 17.7 Å². The Morgan fingerprint density at radius 1 is 1.31 bits per heavy atom. The molecule has 0 radical (unpaired) electrons. The molecule has 1 aromatic rings. The van der Waals surface area contributed by atoms with Crippen molar-refractivity contribution in [2.75, 3.05) is 6.54 Å². The van der Waals surface area contributed by atoms with E-state index >= 15 is 0 Å². The summed E-state index contributed by atoms with van der Waals surface area (Å²) in [7, 11) is 0. The second kappa shape index (κ2) is 4.30. The molecule has 0 saturated carbocycles. The highest BCUT2D eigenvalue weighted by atomic mass is 127. The molecule has 0 amide bonds. The first kappa shape index (κ1) is 10.8. The monoisotopic (exact) mass is 298 g/mol. The molecule has 0 aliphatic heterocycles. The highest BCUT2D eigenvalue weighted by Crippen LogP contribution is 2.21. The summed E-state index contributed by atoms with van der Waals surface area (Å²) in [5.41, 5.74) is 10.5. The molecule has 1 rings (SSSR count). The van der Waals surface area contributed by atoms with Crippen molar-refractivity contribution in [3.05, 3.63) is 32.9 Å². The zero-order valence-electron chi connectivity index (χ0n) is 6.73. The van der Waals surface area contributed by atoms with E-state index in [0.29, 0.717) is 3.57 Å². The van der Waals surface area contributed by atoms with E-state index in [0.717, 1.165) is 0 Å². The Balaban J connectivity index is 3.20. The van der Waals surface area contributed by atoms with Gasteiger partial charge in [-0.1, -0.05) is 0 Å². The molecule has 0 spiro atoms. The normalized spacial score (nSPS) is 13.0. The maximum Gasteiger partial charge on any atom is 0.132 e.